The first-order valence-electron chi connectivity index (χ1n) is 6.01. The first kappa shape index (κ1) is 11.4. The lowest BCUT2D eigenvalue weighted by molar-refractivity contribution is 0.369. The predicted octanol–water partition coefficient (Wildman–Crippen LogP) is 2.62. The molecule has 2 rings (SSSR count). The van der Waals surface area contributed by atoms with Gasteiger partial charge in [0.1, 0.15) is 0 Å². The molecule has 0 fully saturated rings. The molecule has 0 radical (unpaired) electrons. The molecule has 0 saturated carbocycles. The molecule has 1 aromatic rings. The van der Waals surface area contributed by atoms with E-state index >= 15 is 0 Å². The Hall–Kier alpha value is -1.09. The number of hydrogen-bond acceptors (Lipinski definition) is 2. The Morgan fingerprint density at radius 1 is 1.44 bits per heavy atom. The van der Waals surface area contributed by atoms with Crippen molar-refractivity contribution in [3.8, 4) is 0 Å². The lowest BCUT2D eigenvalue weighted by atomic mass is 9.97. The average molecular weight is 219 g/mol. The van der Waals surface area contributed by atoms with Crippen LogP contribution < -0.4 is 5.32 Å². The van der Waals surface area contributed by atoms with Crippen LogP contribution in [0.3, 0.4) is 0 Å². The van der Waals surface area contributed by atoms with E-state index in [1.165, 1.54) is 18.5 Å². The van der Waals surface area contributed by atoms with E-state index in [2.05, 4.69) is 40.9 Å². The molecular formula is C13H21N3. The average Bonchev–Trinajstić information content (AvgIpc) is 2.80. The van der Waals surface area contributed by atoms with Gasteiger partial charge in [-0.2, -0.15) is 0 Å². The summed E-state index contributed by atoms with van der Waals surface area (Å²) in [5.41, 5.74) is 1.26. The SMILES string of the molecule is CNC(C)(C)c1cncn1C1CC=CCC1. The third-order valence-corrected chi connectivity index (χ3v) is 3.57. The minimum atomic E-state index is -0.0162. The number of nitrogens with zero attached hydrogens (tertiary/aromatic N) is 2. The highest BCUT2D eigenvalue weighted by Gasteiger charge is 2.25. The summed E-state index contributed by atoms with van der Waals surface area (Å²) in [7, 11) is 2.00. The highest BCUT2D eigenvalue weighted by atomic mass is 15.1. The number of hydrogen-bond donors (Lipinski definition) is 1. The number of allylic oxidation sites excluding steroid dienone is 2. The standard InChI is InChI=1S/C13H21N3/c1-13(2,14-3)12-9-15-10-16(12)11-7-5-4-6-8-11/h4-5,9-11,14H,6-8H2,1-3H3. The molecule has 0 amide bonds. The van der Waals surface area contributed by atoms with Crippen LogP contribution >= 0.6 is 0 Å². The molecule has 0 saturated heterocycles. The molecule has 1 aliphatic carbocycles. The Labute approximate surface area is 97.6 Å². The van der Waals surface area contributed by atoms with Crippen molar-refractivity contribution >= 4 is 0 Å². The minimum Gasteiger partial charge on any atom is -0.330 e. The molecule has 1 N–H and O–H groups in total. The lowest BCUT2D eigenvalue weighted by Crippen LogP contribution is -2.36. The molecule has 16 heavy (non-hydrogen) atoms. The van der Waals surface area contributed by atoms with Crippen molar-refractivity contribution in [3.05, 3.63) is 30.4 Å². The number of aromatic nitrogens is 2. The van der Waals surface area contributed by atoms with Crippen molar-refractivity contribution in [2.45, 2.75) is 44.7 Å². The Balaban J connectivity index is 2.28. The van der Waals surface area contributed by atoms with Crippen LogP contribution in [-0.4, -0.2) is 16.6 Å². The summed E-state index contributed by atoms with van der Waals surface area (Å²) in [6, 6.07) is 0.579. The molecule has 1 aliphatic rings. The van der Waals surface area contributed by atoms with Gasteiger partial charge >= 0.3 is 0 Å². The van der Waals surface area contributed by atoms with E-state index in [-0.39, 0.29) is 5.54 Å². The van der Waals surface area contributed by atoms with E-state index < -0.39 is 0 Å². The van der Waals surface area contributed by atoms with Crippen molar-refractivity contribution in [1.29, 1.82) is 0 Å². The van der Waals surface area contributed by atoms with Crippen molar-refractivity contribution in [3.63, 3.8) is 0 Å². The Bertz CT molecular complexity index is 376. The number of imidazole rings is 1. The second-order valence-electron chi connectivity index (χ2n) is 5.00. The van der Waals surface area contributed by atoms with Crippen molar-refractivity contribution in [1.82, 2.24) is 14.9 Å². The van der Waals surface area contributed by atoms with Crippen LogP contribution in [0.2, 0.25) is 0 Å². The minimum absolute atomic E-state index is 0.0162. The van der Waals surface area contributed by atoms with Crippen LogP contribution in [0.5, 0.6) is 0 Å². The molecule has 3 heteroatoms. The first-order chi connectivity index (χ1) is 7.65. The summed E-state index contributed by atoms with van der Waals surface area (Å²) >= 11 is 0. The lowest BCUT2D eigenvalue weighted by Gasteiger charge is -2.29. The van der Waals surface area contributed by atoms with Crippen molar-refractivity contribution in [2.24, 2.45) is 0 Å². The summed E-state index contributed by atoms with van der Waals surface area (Å²) < 4.78 is 2.33. The molecule has 1 atom stereocenters. The normalized spacial score (nSPS) is 21.3. The van der Waals surface area contributed by atoms with Crippen LogP contribution in [0.1, 0.15) is 44.8 Å². The molecule has 0 aromatic carbocycles. The van der Waals surface area contributed by atoms with Gasteiger partial charge in [0.15, 0.2) is 0 Å². The molecule has 1 heterocycles. The molecule has 1 aromatic heterocycles. The molecule has 1 unspecified atom stereocenters. The van der Waals surface area contributed by atoms with Crippen LogP contribution in [0.25, 0.3) is 0 Å². The fraction of sp³-hybridized carbons (Fsp3) is 0.615. The largest absolute Gasteiger partial charge is 0.330 e. The van der Waals surface area contributed by atoms with Gasteiger partial charge in [-0.1, -0.05) is 12.2 Å². The molecule has 0 aliphatic heterocycles. The Morgan fingerprint density at radius 3 is 2.88 bits per heavy atom. The van der Waals surface area contributed by atoms with Gasteiger partial charge in [0.05, 0.1) is 23.8 Å². The van der Waals surface area contributed by atoms with Crippen LogP contribution in [-0.2, 0) is 5.54 Å². The molecule has 0 bridgehead atoms. The Morgan fingerprint density at radius 2 is 2.25 bits per heavy atom. The topological polar surface area (TPSA) is 29.9 Å². The number of nitrogens with one attached hydrogen (secondary N) is 1. The quantitative estimate of drug-likeness (QED) is 0.792. The number of rotatable bonds is 3. The second-order valence-corrected chi connectivity index (χ2v) is 5.00. The van der Waals surface area contributed by atoms with Gasteiger partial charge in [-0.15, -0.1) is 0 Å². The van der Waals surface area contributed by atoms with Gasteiger partial charge < -0.3 is 9.88 Å². The van der Waals surface area contributed by atoms with Gasteiger partial charge in [-0.05, 0) is 40.2 Å². The maximum Gasteiger partial charge on any atom is 0.0951 e. The van der Waals surface area contributed by atoms with Gasteiger partial charge in [0.2, 0.25) is 0 Å². The highest BCUT2D eigenvalue weighted by Crippen LogP contribution is 2.29. The van der Waals surface area contributed by atoms with Gasteiger partial charge in [-0.25, -0.2) is 4.98 Å². The van der Waals surface area contributed by atoms with E-state index in [0.29, 0.717) is 6.04 Å². The van der Waals surface area contributed by atoms with Crippen molar-refractivity contribution < 1.29 is 0 Å². The van der Waals surface area contributed by atoms with Gasteiger partial charge in [0.25, 0.3) is 0 Å². The summed E-state index contributed by atoms with van der Waals surface area (Å²) in [6.07, 6.45) is 12.0. The maximum atomic E-state index is 4.31. The third-order valence-electron chi connectivity index (χ3n) is 3.57. The Kier molecular flexibility index (Phi) is 3.15. The first-order valence-corrected chi connectivity index (χ1v) is 6.01. The fourth-order valence-electron chi connectivity index (χ4n) is 2.24. The predicted molar refractivity (Wildman–Crippen MR) is 66.3 cm³/mol. The zero-order valence-electron chi connectivity index (χ0n) is 10.4. The second kappa shape index (κ2) is 4.42. The zero-order valence-corrected chi connectivity index (χ0v) is 10.4. The smallest absolute Gasteiger partial charge is 0.0951 e. The molecule has 0 spiro atoms. The molecule has 88 valence electrons. The fourth-order valence-corrected chi connectivity index (χ4v) is 2.24. The van der Waals surface area contributed by atoms with Crippen LogP contribution in [0, 0.1) is 0 Å². The molecular weight excluding hydrogens is 198 g/mol. The van der Waals surface area contributed by atoms with Crippen LogP contribution in [0.4, 0.5) is 0 Å². The zero-order chi connectivity index (χ0) is 11.6. The van der Waals surface area contributed by atoms with E-state index in [9.17, 15) is 0 Å². The van der Waals surface area contributed by atoms with Gasteiger partial charge in [-0.3, -0.25) is 0 Å². The van der Waals surface area contributed by atoms with E-state index in [4.69, 9.17) is 0 Å². The van der Waals surface area contributed by atoms with Crippen molar-refractivity contribution in [2.75, 3.05) is 7.05 Å². The van der Waals surface area contributed by atoms with E-state index in [1.54, 1.807) is 0 Å². The summed E-state index contributed by atoms with van der Waals surface area (Å²) in [6.45, 7) is 4.39. The van der Waals surface area contributed by atoms with E-state index in [0.717, 1.165) is 6.42 Å². The summed E-state index contributed by atoms with van der Waals surface area (Å²) in [5.74, 6) is 0. The maximum absolute atomic E-state index is 4.31. The monoisotopic (exact) mass is 219 g/mol. The van der Waals surface area contributed by atoms with Gasteiger partial charge in [0, 0.05) is 6.04 Å². The van der Waals surface area contributed by atoms with Crippen LogP contribution in [0.15, 0.2) is 24.7 Å². The summed E-state index contributed by atoms with van der Waals surface area (Å²) in [4.78, 5) is 4.31. The summed E-state index contributed by atoms with van der Waals surface area (Å²) in [5, 5.41) is 3.34. The van der Waals surface area contributed by atoms with E-state index in [1.807, 2.05) is 19.6 Å². The third kappa shape index (κ3) is 2.05. The highest BCUT2D eigenvalue weighted by molar-refractivity contribution is 5.13. The molecule has 3 nitrogen and oxygen atoms in total.